The van der Waals surface area contributed by atoms with E-state index in [1.807, 2.05) is 0 Å². The minimum Gasteiger partial charge on any atom is -0.323 e. The van der Waals surface area contributed by atoms with Crippen LogP contribution < -0.4 is 10.9 Å². The van der Waals surface area contributed by atoms with Crippen LogP contribution in [0.1, 0.15) is 10.4 Å². The van der Waals surface area contributed by atoms with E-state index in [-0.39, 0.29) is 12.5 Å². The molecular formula is C12H12ClN3O3S. The van der Waals surface area contributed by atoms with Crippen molar-refractivity contribution in [1.29, 1.82) is 0 Å². The molecule has 3 amide bonds. The molecule has 1 fully saturated rings. The van der Waals surface area contributed by atoms with Crippen LogP contribution in [-0.2, 0) is 9.59 Å². The minimum absolute atomic E-state index is 0.0678. The van der Waals surface area contributed by atoms with Gasteiger partial charge in [0.25, 0.3) is 11.8 Å². The van der Waals surface area contributed by atoms with Gasteiger partial charge in [0.05, 0.1) is 11.6 Å². The lowest BCUT2D eigenvalue weighted by atomic mass is 10.2. The lowest BCUT2D eigenvalue weighted by Crippen LogP contribution is -2.46. The standard InChI is InChI=1S/C12H12ClN3O3S/c13-9-3-1-2-8(4-9)12(19)15-14-10(17)5-16-7-20-6-11(16)18/h1-4H,5-7H2,(H,14,17)(H,15,19). The van der Waals surface area contributed by atoms with Crippen LogP contribution in [-0.4, -0.2) is 40.8 Å². The Balaban J connectivity index is 1.81. The van der Waals surface area contributed by atoms with Crippen molar-refractivity contribution in [3.63, 3.8) is 0 Å². The molecule has 1 saturated heterocycles. The molecule has 0 unspecified atom stereocenters. The second-order valence-corrected chi connectivity index (χ2v) is 5.47. The van der Waals surface area contributed by atoms with Crippen molar-refractivity contribution < 1.29 is 14.4 Å². The number of rotatable bonds is 3. The number of carbonyl (C=O) groups excluding carboxylic acids is 3. The van der Waals surface area contributed by atoms with Crippen LogP contribution in [0.2, 0.25) is 5.02 Å². The lowest BCUT2D eigenvalue weighted by molar-refractivity contribution is -0.132. The van der Waals surface area contributed by atoms with Gasteiger partial charge in [0.1, 0.15) is 6.54 Å². The third-order valence-corrected chi connectivity index (χ3v) is 3.74. The number of nitrogens with zero attached hydrogens (tertiary/aromatic N) is 1. The molecule has 2 rings (SSSR count). The van der Waals surface area contributed by atoms with Crippen molar-refractivity contribution in [2.24, 2.45) is 0 Å². The third-order valence-electron chi connectivity index (χ3n) is 2.56. The maximum absolute atomic E-state index is 11.7. The monoisotopic (exact) mass is 313 g/mol. The molecule has 1 heterocycles. The average molecular weight is 314 g/mol. The molecule has 2 N–H and O–H groups in total. The third kappa shape index (κ3) is 3.88. The van der Waals surface area contributed by atoms with Crippen LogP contribution >= 0.6 is 23.4 Å². The van der Waals surface area contributed by atoms with Crippen molar-refractivity contribution in [3.8, 4) is 0 Å². The van der Waals surface area contributed by atoms with E-state index in [0.717, 1.165) is 0 Å². The summed E-state index contributed by atoms with van der Waals surface area (Å²) in [5, 5.41) is 0.434. The summed E-state index contributed by atoms with van der Waals surface area (Å²) in [5.41, 5.74) is 4.87. The number of thioether (sulfide) groups is 1. The fraction of sp³-hybridized carbons (Fsp3) is 0.250. The Morgan fingerprint density at radius 1 is 1.35 bits per heavy atom. The molecule has 0 spiro atoms. The van der Waals surface area contributed by atoms with E-state index in [0.29, 0.717) is 22.2 Å². The van der Waals surface area contributed by atoms with Crippen LogP contribution in [0.25, 0.3) is 0 Å². The zero-order valence-electron chi connectivity index (χ0n) is 10.4. The molecule has 1 aliphatic rings. The molecule has 1 aliphatic heterocycles. The summed E-state index contributed by atoms with van der Waals surface area (Å²) < 4.78 is 0. The van der Waals surface area contributed by atoms with Crippen LogP contribution in [0.15, 0.2) is 24.3 Å². The van der Waals surface area contributed by atoms with Crippen LogP contribution in [0.3, 0.4) is 0 Å². The molecule has 20 heavy (non-hydrogen) atoms. The van der Waals surface area contributed by atoms with Gasteiger partial charge in [0, 0.05) is 10.6 Å². The zero-order chi connectivity index (χ0) is 14.5. The van der Waals surface area contributed by atoms with Crippen LogP contribution in [0.4, 0.5) is 0 Å². The van der Waals surface area contributed by atoms with E-state index >= 15 is 0 Å². The topological polar surface area (TPSA) is 78.5 Å². The van der Waals surface area contributed by atoms with Crippen molar-refractivity contribution in [2.45, 2.75) is 0 Å². The van der Waals surface area contributed by atoms with Gasteiger partial charge in [0.15, 0.2) is 0 Å². The predicted molar refractivity (Wildman–Crippen MR) is 76.1 cm³/mol. The van der Waals surface area contributed by atoms with Gasteiger partial charge in [-0.05, 0) is 18.2 Å². The summed E-state index contributed by atoms with van der Waals surface area (Å²) in [4.78, 5) is 36.1. The highest BCUT2D eigenvalue weighted by molar-refractivity contribution is 8.00. The first-order chi connectivity index (χ1) is 9.56. The molecule has 0 aromatic heterocycles. The van der Waals surface area contributed by atoms with Crippen molar-refractivity contribution >= 4 is 41.1 Å². The number of carbonyl (C=O) groups is 3. The highest BCUT2D eigenvalue weighted by Crippen LogP contribution is 2.13. The van der Waals surface area contributed by atoms with E-state index in [2.05, 4.69) is 10.9 Å². The Morgan fingerprint density at radius 3 is 2.80 bits per heavy atom. The quantitative estimate of drug-likeness (QED) is 0.803. The number of nitrogens with one attached hydrogen (secondary N) is 2. The molecule has 0 bridgehead atoms. The molecule has 0 radical (unpaired) electrons. The van der Waals surface area contributed by atoms with Gasteiger partial charge in [0.2, 0.25) is 5.91 Å². The summed E-state index contributed by atoms with van der Waals surface area (Å²) in [6.07, 6.45) is 0. The van der Waals surface area contributed by atoms with Gasteiger partial charge in [-0.25, -0.2) is 0 Å². The Hall–Kier alpha value is -1.73. The average Bonchev–Trinajstić information content (AvgIpc) is 2.81. The Morgan fingerprint density at radius 2 is 2.15 bits per heavy atom. The highest BCUT2D eigenvalue weighted by atomic mass is 35.5. The Kier molecular flexibility index (Phi) is 4.86. The Labute approximate surface area is 124 Å². The molecule has 1 aromatic carbocycles. The first kappa shape index (κ1) is 14.7. The second-order valence-electron chi connectivity index (χ2n) is 4.08. The van der Waals surface area contributed by atoms with Gasteiger partial charge in [-0.2, -0.15) is 0 Å². The van der Waals surface area contributed by atoms with Gasteiger partial charge >= 0.3 is 0 Å². The zero-order valence-corrected chi connectivity index (χ0v) is 12.0. The number of benzene rings is 1. The molecular weight excluding hydrogens is 302 g/mol. The van der Waals surface area contributed by atoms with Gasteiger partial charge in [-0.1, -0.05) is 17.7 Å². The Bertz CT molecular complexity index is 553. The smallest absolute Gasteiger partial charge is 0.269 e. The maximum Gasteiger partial charge on any atom is 0.269 e. The molecule has 106 valence electrons. The molecule has 0 atom stereocenters. The van der Waals surface area contributed by atoms with Crippen LogP contribution in [0.5, 0.6) is 0 Å². The van der Waals surface area contributed by atoms with Gasteiger partial charge < -0.3 is 4.90 Å². The van der Waals surface area contributed by atoms with E-state index in [1.165, 1.54) is 22.7 Å². The van der Waals surface area contributed by atoms with E-state index in [9.17, 15) is 14.4 Å². The number of halogens is 1. The van der Waals surface area contributed by atoms with Crippen molar-refractivity contribution in [3.05, 3.63) is 34.9 Å². The molecule has 1 aromatic rings. The molecule has 6 nitrogen and oxygen atoms in total. The predicted octanol–water partition coefficient (Wildman–Crippen LogP) is 0.634. The number of amides is 3. The lowest BCUT2D eigenvalue weighted by Gasteiger charge is -2.14. The number of hydrogen-bond acceptors (Lipinski definition) is 4. The molecule has 0 aliphatic carbocycles. The maximum atomic E-state index is 11.7. The summed E-state index contributed by atoms with van der Waals surface area (Å²) in [6.45, 7) is -0.0678. The van der Waals surface area contributed by atoms with Crippen molar-refractivity contribution in [2.75, 3.05) is 18.2 Å². The minimum atomic E-state index is -0.469. The highest BCUT2D eigenvalue weighted by Gasteiger charge is 2.22. The molecule has 0 saturated carbocycles. The SMILES string of the molecule is O=C(CN1CSCC1=O)NNC(=O)c1cccc(Cl)c1. The summed E-state index contributed by atoms with van der Waals surface area (Å²) in [5.74, 6) is -0.109. The number of hydrogen-bond donors (Lipinski definition) is 2. The summed E-state index contributed by atoms with van der Waals surface area (Å²) >= 11 is 7.22. The normalized spacial score (nSPS) is 14.2. The van der Waals surface area contributed by atoms with Crippen LogP contribution in [0, 0.1) is 0 Å². The van der Waals surface area contributed by atoms with E-state index < -0.39 is 11.8 Å². The van der Waals surface area contributed by atoms with Gasteiger partial charge in [-0.3, -0.25) is 25.2 Å². The van der Waals surface area contributed by atoms with Crippen molar-refractivity contribution in [1.82, 2.24) is 15.8 Å². The molecule has 8 heteroatoms. The first-order valence-electron chi connectivity index (χ1n) is 5.76. The second kappa shape index (κ2) is 6.62. The number of hydrazine groups is 1. The fourth-order valence-electron chi connectivity index (χ4n) is 1.58. The summed E-state index contributed by atoms with van der Waals surface area (Å²) in [7, 11) is 0. The fourth-order valence-corrected chi connectivity index (χ4v) is 2.68. The largest absolute Gasteiger partial charge is 0.323 e. The summed E-state index contributed by atoms with van der Waals surface area (Å²) in [6, 6.07) is 6.35. The van der Waals surface area contributed by atoms with E-state index in [1.54, 1.807) is 18.2 Å². The first-order valence-corrected chi connectivity index (χ1v) is 7.30. The van der Waals surface area contributed by atoms with Gasteiger partial charge in [-0.15, -0.1) is 11.8 Å². The van der Waals surface area contributed by atoms with E-state index in [4.69, 9.17) is 11.6 Å².